The highest BCUT2D eigenvalue weighted by atomic mass is 32.2. The SMILES string of the molecule is CCc1ncc(S(=O)(=O)NCC2(C)CCN(C)CC2)[nH]1. The van der Waals surface area contributed by atoms with Gasteiger partial charge in [-0.3, -0.25) is 0 Å². The number of nitrogens with one attached hydrogen (secondary N) is 2. The van der Waals surface area contributed by atoms with E-state index >= 15 is 0 Å². The first kappa shape index (κ1) is 15.5. The van der Waals surface area contributed by atoms with Crippen LogP contribution in [-0.2, 0) is 16.4 Å². The molecule has 0 aromatic carbocycles. The standard InChI is InChI=1S/C13H24N4O2S/c1-4-11-14-9-12(16-11)20(18,19)15-10-13(2)5-7-17(3)8-6-13/h9,15H,4-8,10H2,1-3H3,(H,14,16). The first-order chi connectivity index (χ1) is 9.35. The van der Waals surface area contributed by atoms with Crippen molar-refractivity contribution in [3.8, 4) is 0 Å². The number of imidazole rings is 1. The maximum absolute atomic E-state index is 12.2. The molecule has 2 rings (SSSR count). The zero-order chi connectivity index (χ0) is 14.8. The smallest absolute Gasteiger partial charge is 0.257 e. The van der Waals surface area contributed by atoms with Crippen LogP contribution in [0.25, 0.3) is 0 Å². The Morgan fingerprint density at radius 1 is 1.45 bits per heavy atom. The Morgan fingerprint density at radius 3 is 2.65 bits per heavy atom. The summed E-state index contributed by atoms with van der Waals surface area (Å²) in [6.45, 7) is 6.59. The van der Waals surface area contributed by atoms with Gasteiger partial charge < -0.3 is 9.88 Å². The molecule has 0 saturated carbocycles. The number of aryl methyl sites for hydroxylation is 1. The molecule has 0 bridgehead atoms. The van der Waals surface area contributed by atoms with Crippen molar-refractivity contribution in [2.45, 2.75) is 38.1 Å². The minimum absolute atomic E-state index is 0.0349. The van der Waals surface area contributed by atoms with Gasteiger partial charge in [-0.15, -0.1) is 0 Å². The molecule has 6 nitrogen and oxygen atoms in total. The maximum atomic E-state index is 12.2. The van der Waals surface area contributed by atoms with Crippen molar-refractivity contribution >= 4 is 10.0 Å². The van der Waals surface area contributed by atoms with Crippen molar-refractivity contribution in [1.82, 2.24) is 19.6 Å². The Labute approximate surface area is 121 Å². The molecule has 1 aliphatic heterocycles. The zero-order valence-electron chi connectivity index (χ0n) is 12.4. The van der Waals surface area contributed by atoms with Gasteiger partial charge in [0, 0.05) is 13.0 Å². The van der Waals surface area contributed by atoms with Gasteiger partial charge in [-0.05, 0) is 38.4 Å². The molecule has 0 atom stereocenters. The van der Waals surface area contributed by atoms with Gasteiger partial charge in [0.15, 0.2) is 5.03 Å². The topological polar surface area (TPSA) is 78.1 Å². The summed E-state index contributed by atoms with van der Waals surface area (Å²) < 4.78 is 27.2. The molecule has 20 heavy (non-hydrogen) atoms. The quantitative estimate of drug-likeness (QED) is 0.850. The Hall–Kier alpha value is -0.920. The number of hydrogen-bond donors (Lipinski definition) is 2. The Balaban J connectivity index is 1.98. The molecule has 0 radical (unpaired) electrons. The summed E-state index contributed by atoms with van der Waals surface area (Å²) in [5, 5.41) is 0.158. The molecule has 2 N–H and O–H groups in total. The number of sulfonamides is 1. The molecule has 7 heteroatoms. The van der Waals surface area contributed by atoms with Gasteiger partial charge in [0.25, 0.3) is 10.0 Å². The zero-order valence-corrected chi connectivity index (χ0v) is 13.3. The maximum Gasteiger partial charge on any atom is 0.257 e. The lowest BCUT2D eigenvalue weighted by molar-refractivity contribution is 0.143. The van der Waals surface area contributed by atoms with E-state index < -0.39 is 10.0 Å². The van der Waals surface area contributed by atoms with Gasteiger partial charge in [-0.25, -0.2) is 18.1 Å². The second-order valence-corrected chi connectivity index (χ2v) is 7.72. The van der Waals surface area contributed by atoms with Crippen LogP contribution in [0.4, 0.5) is 0 Å². The van der Waals surface area contributed by atoms with Crippen LogP contribution in [0.15, 0.2) is 11.2 Å². The Morgan fingerprint density at radius 2 is 2.10 bits per heavy atom. The van der Waals surface area contributed by atoms with Crippen LogP contribution in [0, 0.1) is 5.41 Å². The lowest BCUT2D eigenvalue weighted by Gasteiger charge is -2.37. The number of H-pyrrole nitrogens is 1. The molecule has 2 heterocycles. The third-order valence-corrected chi connectivity index (χ3v) is 5.42. The first-order valence-corrected chi connectivity index (χ1v) is 8.55. The fourth-order valence-electron chi connectivity index (χ4n) is 2.34. The highest BCUT2D eigenvalue weighted by Gasteiger charge is 2.30. The fraction of sp³-hybridized carbons (Fsp3) is 0.769. The minimum Gasteiger partial charge on any atom is -0.332 e. The molecule has 1 saturated heterocycles. The van der Waals surface area contributed by atoms with E-state index in [4.69, 9.17) is 0 Å². The highest BCUT2D eigenvalue weighted by Crippen LogP contribution is 2.29. The van der Waals surface area contributed by atoms with Crippen molar-refractivity contribution in [2.75, 3.05) is 26.7 Å². The van der Waals surface area contributed by atoms with E-state index in [-0.39, 0.29) is 10.4 Å². The van der Waals surface area contributed by atoms with E-state index in [1.807, 2.05) is 6.92 Å². The van der Waals surface area contributed by atoms with Crippen LogP contribution < -0.4 is 4.72 Å². The summed E-state index contributed by atoms with van der Waals surface area (Å²) in [6, 6.07) is 0. The molecular weight excluding hydrogens is 276 g/mol. The van der Waals surface area contributed by atoms with E-state index in [0.29, 0.717) is 18.8 Å². The van der Waals surface area contributed by atoms with Gasteiger partial charge in [0.1, 0.15) is 5.82 Å². The molecule has 0 unspecified atom stereocenters. The van der Waals surface area contributed by atoms with Crippen LogP contribution in [0.3, 0.4) is 0 Å². The number of nitrogens with zero attached hydrogens (tertiary/aromatic N) is 2. The predicted molar refractivity (Wildman–Crippen MR) is 78.0 cm³/mol. The fourth-order valence-corrected chi connectivity index (χ4v) is 3.48. The van der Waals surface area contributed by atoms with Crippen LogP contribution in [0.2, 0.25) is 0 Å². The average molecular weight is 300 g/mol. The molecule has 0 spiro atoms. The van der Waals surface area contributed by atoms with Crippen LogP contribution in [0.1, 0.15) is 32.5 Å². The van der Waals surface area contributed by atoms with Gasteiger partial charge >= 0.3 is 0 Å². The summed E-state index contributed by atoms with van der Waals surface area (Å²) in [7, 11) is -1.38. The van der Waals surface area contributed by atoms with Crippen molar-refractivity contribution in [3.63, 3.8) is 0 Å². The molecule has 0 amide bonds. The lowest BCUT2D eigenvalue weighted by Crippen LogP contribution is -2.43. The molecule has 1 aromatic rings. The van der Waals surface area contributed by atoms with Crippen molar-refractivity contribution in [3.05, 3.63) is 12.0 Å². The Kier molecular flexibility index (Phi) is 4.51. The highest BCUT2D eigenvalue weighted by molar-refractivity contribution is 7.89. The molecular formula is C13H24N4O2S. The number of piperidine rings is 1. The molecule has 1 aliphatic rings. The normalized spacial score (nSPS) is 20.1. The monoisotopic (exact) mass is 300 g/mol. The Bertz CT molecular complexity index is 544. The van der Waals surface area contributed by atoms with Gasteiger partial charge in [-0.1, -0.05) is 13.8 Å². The molecule has 1 aromatic heterocycles. The van der Waals surface area contributed by atoms with Gasteiger partial charge in [0.05, 0.1) is 6.20 Å². The van der Waals surface area contributed by atoms with Crippen LogP contribution >= 0.6 is 0 Å². The molecule has 0 aliphatic carbocycles. The summed E-state index contributed by atoms with van der Waals surface area (Å²) in [4.78, 5) is 9.16. The number of hydrogen-bond acceptors (Lipinski definition) is 4. The summed E-state index contributed by atoms with van der Waals surface area (Å²) in [5.41, 5.74) is 0.0349. The van der Waals surface area contributed by atoms with Gasteiger partial charge in [-0.2, -0.15) is 0 Å². The summed E-state index contributed by atoms with van der Waals surface area (Å²) >= 11 is 0. The third-order valence-electron chi connectivity index (χ3n) is 4.11. The largest absolute Gasteiger partial charge is 0.332 e. The first-order valence-electron chi connectivity index (χ1n) is 7.07. The van der Waals surface area contributed by atoms with Crippen molar-refractivity contribution < 1.29 is 8.42 Å². The minimum atomic E-state index is -3.48. The third kappa shape index (κ3) is 3.59. The van der Waals surface area contributed by atoms with E-state index in [1.54, 1.807) is 0 Å². The average Bonchev–Trinajstić information content (AvgIpc) is 2.90. The summed E-state index contributed by atoms with van der Waals surface area (Å²) in [5.74, 6) is 0.691. The number of rotatable bonds is 5. The lowest BCUT2D eigenvalue weighted by atomic mass is 9.81. The van der Waals surface area contributed by atoms with Crippen LogP contribution in [-0.4, -0.2) is 50.0 Å². The second-order valence-electron chi connectivity index (χ2n) is 5.99. The van der Waals surface area contributed by atoms with Gasteiger partial charge in [0.2, 0.25) is 0 Å². The number of aromatic nitrogens is 2. The number of aromatic amines is 1. The molecule has 114 valence electrons. The van der Waals surface area contributed by atoms with E-state index in [2.05, 4.69) is 33.6 Å². The summed E-state index contributed by atoms with van der Waals surface area (Å²) in [6.07, 6.45) is 4.10. The predicted octanol–water partition coefficient (Wildman–Crippen LogP) is 0.982. The van der Waals surface area contributed by atoms with Crippen molar-refractivity contribution in [2.24, 2.45) is 5.41 Å². The van der Waals surface area contributed by atoms with E-state index in [9.17, 15) is 8.42 Å². The molecule has 1 fully saturated rings. The second kappa shape index (κ2) is 5.83. The van der Waals surface area contributed by atoms with E-state index in [0.717, 1.165) is 25.9 Å². The number of likely N-dealkylation sites (tertiary alicyclic amines) is 1. The van der Waals surface area contributed by atoms with E-state index in [1.165, 1.54) is 6.20 Å². The van der Waals surface area contributed by atoms with Crippen LogP contribution in [0.5, 0.6) is 0 Å². The van der Waals surface area contributed by atoms with Crippen molar-refractivity contribution in [1.29, 1.82) is 0 Å².